The summed E-state index contributed by atoms with van der Waals surface area (Å²) in [4.78, 5) is 0. The third-order valence-electron chi connectivity index (χ3n) is 1.64. The molecule has 0 bridgehead atoms. The Bertz CT molecular complexity index is 127. The summed E-state index contributed by atoms with van der Waals surface area (Å²) in [5, 5.41) is 0. The van der Waals surface area contributed by atoms with Crippen molar-refractivity contribution in [1.29, 1.82) is 0 Å². The van der Waals surface area contributed by atoms with Gasteiger partial charge in [0, 0.05) is 6.42 Å². The first-order chi connectivity index (χ1) is 6.29. The molecule has 0 atom stereocenters. The second-order valence-electron chi connectivity index (χ2n) is 2.78. The third-order valence-corrected chi connectivity index (χ3v) is 1.64. The maximum Gasteiger partial charge on any atom is 0.261 e. The van der Waals surface area contributed by atoms with Crippen molar-refractivity contribution >= 4 is 0 Å². The van der Waals surface area contributed by atoms with Crippen molar-refractivity contribution < 1.29 is 23.0 Å². The van der Waals surface area contributed by atoms with E-state index >= 15 is 0 Å². The number of halogens is 2. The Morgan fingerprint density at radius 1 is 1.31 bits per heavy atom. The summed E-state index contributed by atoms with van der Waals surface area (Å²) in [5.74, 6) is 0. The highest BCUT2D eigenvalue weighted by Crippen LogP contribution is 2.08. The Balaban J connectivity index is 1.92. The van der Waals surface area contributed by atoms with Gasteiger partial charge in [-0.2, -0.15) is 0 Å². The molecule has 3 nitrogen and oxygen atoms in total. The average molecular weight is 196 g/mol. The zero-order valence-electron chi connectivity index (χ0n) is 7.38. The van der Waals surface area contributed by atoms with Crippen molar-refractivity contribution in [3.8, 4) is 0 Å². The smallest absolute Gasteiger partial charge is 0.261 e. The van der Waals surface area contributed by atoms with Crippen molar-refractivity contribution in [1.82, 2.24) is 0 Å². The number of hydrogen-bond donors (Lipinski definition) is 0. The Kier molecular flexibility index (Phi) is 5.19. The predicted molar refractivity (Wildman–Crippen MR) is 41.7 cm³/mol. The van der Waals surface area contributed by atoms with Crippen LogP contribution in [-0.2, 0) is 14.2 Å². The molecule has 1 fully saturated rings. The standard InChI is InChI=1S/C8H14F2O3/c9-7(10)6-11-5-2-8-12-3-1-4-13-8/h7-8H,1-6H2. The molecule has 0 aromatic rings. The summed E-state index contributed by atoms with van der Waals surface area (Å²) in [6, 6.07) is 0. The molecule has 0 unspecified atom stereocenters. The van der Waals surface area contributed by atoms with Gasteiger partial charge in [0.25, 0.3) is 6.43 Å². The van der Waals surface area contributed by atoms with E-state index in [-0.39, 0.29) is 12.9 Å². The largest absolute Gasteiger partial charge is 0.375 e. The van der Waals surface area contributed by atoms with Gasteiger partial charge in [0.15, 0.2) is 6.29 Å². The van der Waals surface area contributed by atoms with Crippen LogP contribution in [0.15, 0.2) is 0 Å². The van der Waals surface area contributed by atoms with E-state index in [0.29, 0.717) is 19.6 Å². The normalized spacial score (nSPS) is 19.6. The molecule has 0 amide bonds. The molecule has 1 aliphatic heterocycles. The molecule has 0 spiro atoms. The molecular formula is C8H14F2O3. The number of rotatable bonds is 5. The molecule has 0 aromatic heterocycles. The zero-order valence-corrected chi connectivity index (χ0v) is 7.38. The molecular weight excluding hydrogens is 182 g/mol. The first-order valence-electron chi connectivity index (χ1n) is 4.38. The number of alkyl halides is 2. The van der Waals surface area contributed by atoms with Gasteiger partial charge in [0.2, 0.25) is 0 Å². The summed E-state index contributed by atoms with van der Waals surface area (Å²) in [7, 11) is 0. The first kappa shape index (κ1) is 10.8. The van der Waals surface area contributed by atoms with Crippen LogP contribution in [0.5, 0.6) is 0 Å². The molecule has 0 saturated carbocycles. The van der Waals surface area contributed by atoms with Gasteiger partial charge >= 0.3 is 0 Å². The van der Waals surface area contributed by atoms with Crippen LogP contribution in [0.1, 0.15) is 12.8 Å². The lowest BCUT2D eigenvalue weighted by molar-refractivity contribution is -0.187. The van der Waals surface area contributed by atoms with E-state index in [2.05, 4.69) is 4.74 Å². The summed E-state index contributed by atoms with van der Waals surface area (Å²) in [6.45, 7) is 1.11. The highest BCUT2D eigenvalue weighted by Gasteiger charge is 2.13. The lowest BCUT2D eigenvalue weighted by Gasteiger charge is -2.22. The number of ether oxygens (including phenoxy) is 3. The molecule has 0 radical (unpaired) electrons. The van der Waals surface area contributed by atoms with Gasteiger partial charge in [-0.15, -0.1) is 0 Å². The van der Waals surface area contributed by atoms with Gasteiger partial charge in [-0.05, 0) is 6.42 Å². The Morgan fingerprint density at radius 3 is 2.62 bits per heavy atom. The molecule has 0 aliphatic carbocycles. The van der Waals surface area contributed by atoms with E-state index in [1.54, 1.807) is 0 Å². The van der Waals surface area contributed by atoms with Gasteiger partial charge in [0.1, 0.15) is 6.61 Å². The fraction of sp³-hybridized carbons (Fsp3) is 1.00. The lowest BCUT2D eigenvalue weighted by atomic mass is 10.4. The molecule has 0 N–H and O–H groups in total. The second kappa shape index (κ2) is 6.23. The maximum atomic E-state index is 11.6. The van der Waals surface area contributed by atoms with Crippen LogP contribution < -0.4 is 0 Å². The van der Waals surface area contributed by atoms with Crippen molar-refractivity contribution in [3.63, 3.8) is 0 Å². The molecule has 0 aromatic carbocycles. The topological polar surface area (TPSA) is 27.7 Å². The maximum absolute atomic E-state index is 11.6. The average Bonchev–Trinajstić information content (AvgIpc) is 2.14. The summed E-state index contributed by atoms with van der Waals surface area (Å²) in [5.41, 5.74) is 0. The third kappa shape index (κ3) is 5.13. The number of hydrogen-bond acceptors (Lipinski definition) is 3. The van der Waals surface area contributed by atoms with Crippen LogP contribution in [0.2, 0.25) is 0 Å². The highest BCUT2D eigenvalue weighted by atomic mass is 19.3. The van der Waals surface area contributed by atoms with Gasteiger partial charge in [-0.1, -0.05) is 0 Å². The molecule has 5 heteroatoms. The van der Waals surface area contributed by atoms with Crippen LogP contribution in [0.3, 0.4) is 0 Å². The molecule has 1 heterocycles. The second-order valence-corrected chi connectivity index (χ2v) is 2.78. The zero-order chi connectivity index (χ0) is 9.52. The van der Waals surface area contributed by atoms with Crippen LogP contribution >= 0.6 is 0 Å². The van der Waals surface area contributed by atoms with E-state index in [1.165, 1.54) is 0 Å². The molecule has 1 aliphatic rings. The molecule has 1 rings (SSSR count). The minimum absolute atomic E-state index is 0.259. The first-order valence-corrected chi connectivity index (χ1v) is 4.38. The van der Waals surface area contributed by atoms with Crippen LogP contribution in [0.25, 0.3) is 0 Å². The van der Waals surface area contributed by atoms with Crippen molar-refractivity contribution in [2.75, 3.05) is 26.4 Å². The van der Waals surface area contributed by atoms with Gasteiger partial charge in [0.05, 0.1) is 19.8 Å². The molecule has 78 valence electrons. The van der Waals surface area contributed by atoms with E-state index < -0.39 is 13.0 Å². The Labute approximate surface area is 76.0 Å². The highest BCUT2D eigenvalue weighted by molar-refractivity contribution is 4.51. The van der Waals surface area contributed by atoms with Gasteiger partial charge in [-0.25, -0.2) is 8.78 Å². The molecule has 1 saturated heterocycles. The van der Waals surface area contributed by atoms with E-state index in [9.17, 15) is 8.78 Å². The Morgan fingerprint density at radius 2 is 2.00 bits per heavy atom. The van der Waals surface area contributed by atoms with Crippen LogP contribution in [0.4, 0.5) is 8.78 Å². The van der Waals surface area contributed by atoms with E-state index in [4.69, 9.17) is 9.47 Å². The fourth-order valence-electron chi connectivity index (χ4n) is 1.06. The minimum atomic E-state index is -2.40. The lowest BCUT2D eigenvalue weighted by Crippen LogP contribution is -2.26. The van der Waals surface area contributed by atoms with E-state index in [1.807, 2.05) is 0 Å². The van der Waals surface area contributed by atoms with Crippen LogP contribution in [0, 0.1) is 0 Å². The van der Waals surface area contributed by atoms with Gasteiger partial charge in [-0.3, -0.25) is 0 Å². The molecule has 13 heavy (non-hydrogen) atoms. The van der Waals surface area contributed by atoms with Crippen LogP contribution in [-0.4, -0.2) is 39.1 Å². The minimum Gasteiger partial charge on any atom is -0.375 e. The van der Waals surface area contributed by atoms with Gasteiger partial charge < -0.3 is 14.2 Å². The quantitative estimate of drug-likeness (QED) is 0.622. The SMILES string of the molecule is FC(F)COCCC1OCCCO1. The van der Waals surface area contributed by atoms with E-state index in [0.717, 1.165) is 6.42 Å². The van der Waals surface area contributed by atoms with Crippen molar-refractivity contribution in [2.45, 2.75) is 25.6 Å². The van der Waals surface area contributed by atoms with Crippen molar-refractivity contribution in [3.05, 3.63) is 0 Å². The Hall–Kier alpha value is -0.260. The summed E-state index contributed by atoms with van der Waals surface area (Å²) < 4.78 is 38.3. The summed E-state index contributed by atoms with van der Waals surface area (Å²) >= 11 is 0. The fourth-order valence-corrected chi connectivity index (χ4v) is 1.06. The predicted octanol–water partition coefficient (Wildman–Crippen LogP) is 1.42. The monoisotopic (exact) mass is 196 g/mol. The summed E-state index contributed by atoms with van der Waals surface area (Å²) in [6.07, 6.45) is -1.25. The van der Waals surface area contributed by atoms with Crippen molar-refractivity contribution in [2.24, 2.45) is 0 Å².